The molecular weight excluding hydrogens is 375 g/mol. The first kappa shape index (κ1) is 19.4. The van der Waals surface area contributed by atoms with Crippen molar-refractivity contribution in [2.24, 2.45) is 0 Å². The molecule has 2 rings (SSSR count). The van der Waals surface area contributed by atoms with Crippen LogP contribution < -0.4 is 9.46 Å². The molecule has 0 aliphatic rings. The van der Waals surface area contributed by atoms with E-state index in [0.717, 1.165) is 6.26 Å². The molecule has 0 saturated heterocycles. The van der Waals surface area contributed by atoms with E-state index in [2.05, 4.69) is 9.97 Å². The molecule has 1 aromatic heterocycles. The van der Waals surface area contributed by atoms with Crippen LogP contribution >= 0.6 is 0 Å². The lowest BCUT2D eigenvalue weighted by molar-refractivity contribution is -0.114. The number of ether oxygens (including phenoxy) is 2. The van der Waals surface area contributed by atoms with Gasteiger partial charge in [-0.1, -0.05) is 18.2 Å². The van der Waals surface area contributed by atoms with Crippen molar-refractivity contribution in [2.45, 2.75) is 5.51 Å². The molecular formula is C15H12F3N3O4S. The highest BCUT2D eigenvalue weighted by Gasteiger charge is 2.39. The van der Waals surface area contributed by atoms with Gasteiger partial charge in [-0.3, -0.25) is 9.52 Å². The summed E-state index contributed by atoms with van der Waals surface area (Å²) in [4.78, 5) is 19.8. The van der Waals surface area contributed by atoms with Crippen molar-refractivity contribution in [1.29, 1.82) is 0 Å². The minimum absolute atomic E-state index is 0.115. The monoisotopic (exact) mass is 387 g/mol. The Morgan fingerprint density at radius 2 is 2.00 bits per heavy atom. The Labute approximate surface area is 148 Å². The molecule has 7 nitrogen and oxygen atoms in total. The van der Waals surface area contributed by atoms with Crippen molar-refractivity contribution in [3.05, 3.63) is 54.7 Å². The van der Waals surface area contributed by atoms with Gasteiger partial charge in [0.15, 0.2) is 0 Å². The van der Waals surface area contributed by atoms with E-state index < -0.39 is 22.4 Å². The number of carbonyl (C=O) groups excluding carboxylic acids is 1. The lowest BCUT2D eigenvalue weighted by Crippen LogP contribution is -2.35. The molecule has 0 fully saturated rings. The molecule has 1 unspecified atom stereocenters. The lowest BCUT2D eigenvalue weighted by atomic mass is 10.1. The van der Waals surface area contributed by atoms with Crippen molar-refractivity contribution < 1.29 is 31.6 Å². The molecule has 1 heterocycles. The molecule has 2 aromatic rings. The maximum Gasteiger partial charge on any atom is 0.490 e. The SMILES string of the molecule is CO/C=C(/C(=O)NS(=O)C(F)(F)F)c1ccccc1Oc1ccncn1. The number of nitrogens with one attached hydrogen (secondary N) is 1. The van der Waals surface area contributed by atoms with Gasteiger partial charge in [-0.25, -0.2) is 14.2 Å². The molecule has 0 aliphatic heterocycles. The number of alkyl halides is 3. The molecule has 1 aromatic carbocycles. The van der Waals surface area contributed by atoms with Crippen molar-refractivity contribution >= 4 is 22.5 Å². The number of halogens is 3. The summed E-state index contributed by atoms with van der Waals surface area (Å²) in [6.45, 7) is 0. The van der Waals surface area contributed by atoms with Crippen LogP contribution in [-0.4, -0.2) is 32.7 Å². The summed E-state index contributed by atoms with van der Waals surface area (Å²) >= 11 is 0. The number of hydrogen-bond donors (Lipinski definition) is 1. The van der Waals surface area contributed by atoms with Gasteiger partial charge in [0.05, 0.1) is 18.9 Å². The average molecular weight is 387 g/mol. The second-order valence-electron chi connectivity index (χ2n) is 4.56. The molecule has 11 heteroatoms. The number of carbonyl (C=O) groups is 1. The molecule has 0 spiro atoms. The Balaban J connectivity index is 2.35. The Kier molecular flexibility index (Phi) is 6.28. The maximum absolute atomic E-state index is 12.4. The zero-order valence-corrected chi connectivity index (χ0v) is 14.0. The minimum Gasteiger partial charge on any atom is -0.504 e. The fourth-order valence-corrected chi connectivity index (χ4v) is 2.18. The quantitative estimate of drug-likeness (QED) is 0.605. The standard InChI is InChI=1S/C15H12F3N3O4S/c1-24-8-11(14(22)21-26(23)15(16,17)18)10-4-2-3-5-12(10)25-13-6-7-19-9-20-13/h2-9H,1H3,(H,21,22)/b11-8+. The molecule has 0 aliphatic carbocycles. The summed E-state index contributed by atoms with van der Waals surface area (Å²) in [6, 6.07) is 7.50. The second kappa shape index (κ2) is 8.43. The highest BCUT2D eigenvalue weighted by atomic mass is 32.2. The van der Waals surface area contributed by atoms with E-state index in [-0.39, 0.29) is 22.8 Å². The minimum atomic E-state index is -5.09. The Morgan fingerprint density at radius 1 is 1.27 bits per heavy atom. The van der Waals surface area contributed by atoms with Gasteiger partial charge < -0.3 is 9.47 Å². The number of hydrogen-bond acceptors (Lipinski definition) is 6. The normalized spacial score (nSPS) is 13.0. The zero-order valence-electron chi connectivity index (χ0n) is 13.2. The Morgan fingerprint density at radius 3 is 2.62 bits per heavy atom. The largest absolute Gasteiger partial charge is 0.504 e. The molecule has 138 valence electrons. The molecule has 1 amide bonds. The lowest BCUT2D eigenvalue weighted by Gasteiger charge is -2.13. The number of para-hydroxylation sites is 1. The van der Waals surface area contributed by atoms with Crippen LogP contribution in [0.3, 0.4) is 0 Å². The van der Waals surface area contributed by atoms with Crippen LogP contribution in [-0.2, 0) is 20.5 Å². The molecule has 1 N–H and O–H groups in total. The molecule has 0 saturated carbocycles. The van der Waals surface area contributed by atoms with Gasteiger partial charge in [0.2, 0.25) is 16.9 Å². The van der Waals surface area contributed by atoms with E-state index >= 15 is 0 Å². The third-order valence-electron chi connectivity index (χ3n) is 2.82. The first-order valence-electron chi connectivity index (χ1n) is 6.88. The summed E-state index contributed by atoms with van der Waals surface area (Å²) < 4.78 is 60.1. The predicted octanol–water partition coefficient (Wildman–Crippen LogP) is 2.56. The summed E-state index contributed by atoms with van der Waals surface area (Å²) in [5, 5.41) is 0. The fourth-order valence-electron chi connectivity index (χ4n) is 1.78. The van der Waals surface area contributed by atoms with Crippen LogP contribution in [0.25, 0.3) is 5.57 Å². The summed E-state index contributed by atoms with van der Waals surface area (Å²) in [6.07, 6.45) is 3.59. The van der Waals surface area contributed by atoms with Crippen molar-refractivity contribution in [1.82, 2.24) is 14.7 Å². The van der Waals surface area contributed by atoms with Crippen LogP contribution in [0.2, 0.25) is 0 Å². The van der Waals surface area contributed by atoms with Crippen molar-refractivity contribution in [3.8, 4) is 11.6 Å². The van der Waals surface area contributed by atoms with Gasteiger partial charge in [-0.15, -0.1) is 0 Å². The number of aromatic nitrogens is 2. The average Bonchev–Trinajstić information content (AvgIpc) is 2.60. The topological polar surface area (TPSA) is 90.4 Å². The summed E-state index contributed by atoms with van der Waals surface area (Å²) in [7, 11) is -2.36. The third kappa shape index (κ3) is 5.02. The number of amides is 1. The van der Waals surface area contributed by atoms with E-state index in [9.17, 15) is 22.2 Å². The molecule has 1 atom stereocenters. The van der Waals surface area contributed by atoms with Gasteiger partial charge >= 0.3 is 5.51 Å². The Bertz CT molecular complexity index is 828. The van der Waals surface area contributed by atoms with E-state index in [1.54, 1.807) is 12.1 Å². The molecule has 26 heavy (non-hydrogen) atoms. The summed E-state index contributed by atoms with van der Waals surface area (Å²) in [5.41, 5.74) is -5.29. The first-order valence-corrected chi connectivity index (χ1v) is 8.03. The van der Waals surface area contributed by atoms with E-state index in [0.29, 0.717) is 0 Å². The highest BCUT2D eigenvalue weighted by Crippen LogP contribution is 2.30. The highest BCUT2D eigenvalue weighted by molar-refractivity contribution is 7.84. The van der Waals surface area contributed by atoms with Gasteiger partial charge in [0.25, 0.3) is 5.91 Å². The number of rotatable bonds is 6. The van der Waals surface area contributed by atoms with Crippen LogP contribution in [0.15, 0.2) is 49.1 Å². The van der Waals surface area contributed by atoms with E-state index in [4.69, 9.17) is 9.47 Å². The van der Waals surface area contributed by atoms with Crippen LogP contribution in [0.1, 0.15) is 5.56 Å². The molecule has 0 radical (unpaired) electrons. The van der Waals surface area contributed by atoms with Gasteiger partial charge in [-0.2, -0.15) is 13.2 Å². The van der Waals surface area contributed by atoms with Gasteiger partial charge in [0, 0.05) is 17.8 Å². The smallest absolute Gasteiger partial charge is 0.490 e. The molecule has 0 bridgehead atoms. The van der Waals surface area contributed by atoms with E-state index in [1.165, 1.54) is 42.6 Å². The predicted molar refractivity (Wildman–Crippen MR) is 85.9 cm³/mol. The van der Waals surface area contributed by atoms with Crippen LogP contribution in [0.5, 0.6) is 11.6 Å². The second-order valence-corrected chi connectivity index (χ2v) is 5.76. The third-order valence-corrected chi connectivity index (χ3v) is 3.61. The Hall–Kier alpha value is -2.95. The van der Waals surface area contributed by atoms with Crippen molar-refractivity contribution in [3.63, 3.8) is 0 Å². The van der Waals surface area contributed by atoms with Crippen molar-refractivity contribution in [2.75, 3.05) is 7.11 Å². The van der Waals surface area contributed by atoms with Crippen LogP contribution in [0.4, 0.5) is 13.2 Å². The number of benzene rings is 1. The van der Waals surface area contributed by atoms with Gasteiger partial charge in [-0.05, 0) is 6.07 Å². The number of nitrogens with zero attached hydrogens (tertiary/aromatic N) is 2. The maximum atomic E-state index is 12.4. The summed E-state index contributed by atoms with van der Waals surface area (Å²) in [5.74, 6) is -0.966. The van der Waals surface area contributed by atoms with Crippen LogP contribution in [0, 0.1) is 0 Å². The number of methoxy groups -OCH3 is 1. The van der Waals surface area contributed by atoms with Gasteiger partial charge in [0.1, 0.15) is 12.1 Å². The zero-order chi connectivity index (χ0) is 19.2. The van der Waals surface area contributed by atoms with E-state index in [1.807, 2.05) is 0 Å². The first-order chi connectivity index (χ1) is 12.3. The fraction of sp³-hybridized carbons (Fsp3) is 0.133.